The minimum atomic E-state index is -0.110. The van der Waals surface area contributed by atoms with Crippen molar-refractivity contribution in [2.45, 2.75) is 25.9 Å². The number of aromatic nitrogens is 1. The Kier molecular flexibility index (Phi) is 4.53. The number of anilines is 1. The standard InChI is InChI=1S/C16H15ClN4OS/c1-9(19)5-13-11(7-18)15-16(22-13)12(6-14(17)21-15)20-8-10-3-2-4-23-10/h2-4,6,9H,5,8,19H2,1H3,(H,20,21)/t9-/m0/s1. The van der Waals surface area contributed by atoms with E-state index in [1.165, 1.54) is 4.88 Å². The van der Waals surface area contributed by atoms with Gasteiger partial charge in [-0.3, -0.25) is 0 Å². The van der Waals surface area contributed by atoms with Crippen molar-refractivity contribution in [1.82, 2.24) is 4.98 Å². The van der Waals surface area contributed by atoms with Crippen molar-refractivity contribution in [3.63, 3.8) is 0 Å². The molecule has 0 aromatic carbocycles. The summed E-state index contributed by atoms with van der Waals surface area (Å²) in [5.74, 6) is 0.548. The Bertz CT molecular complexity index is 864. The number of halogens is 1. The van der Waals surface area contributed by atoms with E-state index in [9.17, 15) is 5.26 Å². The number of furan rings is 1. The summed E-state index contributed by atoms with van der Waals surface area (Å²) >= 11 is 7.77. The topological polar surface area (TPSA) is 87.9 Å². The smallest absolute Gasteiger partial charge is 0.177 e. The molecule has 0 aliphatic carbocycles. The quantitative estimate of drug-likeness (QED) is 0.684. The van der Waals surface area contributed by atoms with Crippen molar-refractivity contribution in [3.8, 4) is 6.07 Å². The van der Waals surface area contributed by atoms with E-state index in [2.05, 4.69) is 16.4 Å². The number of rotatable bonds is 5. The molecule has 0 aliphatic heterocycles. The fourth-order valence-electron chi connectivity index (χ4n) is 2.36. The van der Waals surface area contributed by atoms with Crippen molar-refractivity contribution in [3.05, 3.63) is 44.9 Å². The molecule has 0 saturated carbocycles. The van der Waals surface area contributed by atoms with Crippen LogP contribution in [0, 0.1) is 11.3 Å². The highest BCUT2D eigenvalue weighted by Crippen LogP contribution is 2.32. The Balaban J connectivity index is 2.03. The molecule has 23 heavy (non-hydrogen) atoms. The summed E-state index contributed by atoms with van der Waals surface area (Å²) in [5, 5.41) is 15.1. The first-order valence-electron chi connectivity index (χ1n) is 7.12. The van der Waals surface area contributed by atoms with Gasteiger partial charge < -0.3 is 15.5 Å². The molecule has 1 atom stereocenters. The molecule has 0 aliphatic rings. The van der Waals surface area contributed by atoms with Gasteiger partial charge in [-0.1, -0.05) is 17.7 Å². The van der Waals surface area contributed by atoms with E-state index >= 15 is 0 Å². The lowest BCUT2D eigenvalue weighted by Gasteiger charge is -2.06. The Morgan fingerprint density at radius 2 is 2.39 bits per heavy atom. The van der Waals surface area contributed by atoms with E-state index < -0.39 is 0 Å². The molecule has 0 saturated heterocycles. The van der Waals surface area contributed by atoms with Gasteiger partial charge >= 0.3 is 0 Å². The third kappa shape index (κ3) is 3.32. The number of nitrogens with zero attached hydrogens (tertiary/aromatic N) is 2. The average Bonchev–Trinajstić information content (AvgIpc) is 3.11. The molecule has 3 aromatic heterocycles. The molecular weight excluding hydrogens is 332 g/mol. The summed E-state index contributed by atoms with van der Waals surface area (Å²) < 4.78 is 5.87. The number of hydrogen-bond donors (Lipinski definition) is 2. The first kappa shape index (κ1) is 15.8. The summed E-state index contributed by atoms with van der Waals surface area (Å²) in [4.78, 5) is 5.44. The number of pyridine rings is 1. The number of nitrogens with two attached hydrogens (primary N) is 1. The number of hydrogen-bond acceptors (Lipinski definition) is 6. The van der Waals surface area contributed by atoms with Crippen LogP contribution in [-0.4, -0.2) is 11.0 Å². The SMILES string of the molecule is C[C@H](N)Cc1oc2c(NCc3cccs3)cc(Cl)nc2c1C#N. The van der Waals surface area contributed by atoms with Gasteiger partial charge in [0.25, 0.3) is 0 Å². The second kappa shape index (κ2) is 6.59. The third-order valence-corrected chi connectivity index (χ3v) is 4.41. The monoisotopic (exact) mass is 346 g/mol. The van der Waals surface area contributed by atoms with Gasteiger partial charge in [0.2, 0.25) is 0 Å². The van der Waals surface area contributed by atoms with Crippen LogP contribution in [0.15, 0.2) is 28.0 Å². The Morgan fingerprint density at radius 3 is 3.04 bits per heavy atom. The molecule has 3 aromatic rings. The number of nitrogens with one attached hydrogen (secondary N) is 1. The lowest BCUT2D eigenvalue weighted by atomic mass is 10.1. The molecule has 0 fully saturated rings. The first-order valence-corrected chi connectivity index (χ1v) is 8.38. The van der Waals surface area contributed by atoms with Crippen LogP contribution in [0.5, 0.6) is 0 Å². The van der Waals surface area contributed by atoms with E-state index in [1.54, 1.807) is 17.4 Å². The number of thiophene rings is 1. The van der Waals surface area contributed by atoms with Crippen LogP contribution in [0.1, 0.15) is 23.1 Å². The average molecular weight is 347 g/mol. The summed E-state index contributed by atoms with van der Waals surface area (Å²) in [6.45, 7) is 2.52. The van der Waals surface area contributed by atoms with Crippen LogP contribution in [0.2, 0.25) is 5.15 Å². The van der Waals surface area contributed by atoms with Gasteiger partial charge in [0.1, 0.15) is 28.1 Å². The maximum atomic E-state index is 9.43. The minimum Gasteiger partial charge on any atom is -0.456 e. The second-order valence-corrected chi connectivity index (χ2v) is 6.72. The van der Waals surface area contributed by atoms with Crippen LogP contribution in [0.4, 0.5) is 5.69 Å². The fourth-order valence-corrected chi connectivity index (χ4v) is 3.20. The van der Waals surface area contributed by atoms with Gasteiger partial charge in [0, 0.05) is 30.0 Å². The molecule has 0 amide bonds. The molecule has 118 valence electrons. The normalized spacial score (nSPS) is 12.3. The van der Waals surface area contributed by atoms with E-state index in [4.69, 9.17) is 21.8 Å². The van der Waals surface area contributed by atoms with Crippen LogP contribution < -0.4 is 11.1 Å². The van der Waals surface area contributed by atoms with Crippen molar-refractivity contribution in [2.24, 2.45) is 5.73 Å². The molecule has 0 spiro atoms. The lowest BCUT2D eigenvalue weighted by molar-refractivity contribution is 0.524. The minimum absolute atomic E-state index is 0.110. The highest BCUT2D eigenvalue weighted by molar-refractivity contribution is 7.09. The third-order valence-electron chi connectivity index (χ3n) is 3.34. The van der Waals surface area contributed by atoms with Crippen LogP contribution in [0.3, 0.4) is 0 Å². The molecule has 0 unspecified atom stereocenters. The van der Waals surface area contributed by atoms with Crippen molar-refractivity contribution in [2.75, 3.05) is 5.32 Å². The van der Waals surface area contributed by atoms with Crippen LogP contribution >= 0.6 is 22.9 Å². The predicted octanol–water partition coefficient (Wildman–Crippen LogP) is 3.92. The number of nitriles is 1. The van der Waals surface area contributed by atoms with Gasteiger partial charge in [-0.2, -0.15) is 5.26 Å². The maximum Gasteiger partial charge on any atom is 0.177 e. The fraction of sp³-hybridized carbons (Fsp3) is 0.250. The van der Waals surface area contributed by atoms with Gasteiger partial charge in [0.15, 0.2) is 5.58 Å². The zero-order valence-electron chi connectivity index (χ0n) is 12.5. The zero-order valence-corrected chi connectivity index (χ0v) is 14.0. The lowest BCUT2D eigenvalue weighted by Crippen LogP contribution is -2.17. The van der Waals surface area contributed by atoms with Gasteiger partial charge in [0.05, 0.1) is 5.69 Å². The molecule has 0 bridgehead atoms. The Morgan fingerprint density at radius 1 is 1.57 bits per heavy atom. The van der Waals surface area contributed by atoms with Gasteiger partial charge in [-0.25, -0.2) is 4.98 Å². The summed E-state index contributed by atoms with van der Waals surface area (Å²) in [7, 11) is 0. The van der Waals surface area contributed by atoms with E-state index in [1.807, 2.05) is 24.4 Å². The molecule has 7 heteroatoms. The maximum absolute atomic E-state index is 9.43. The predicted molar refractivity (Wildman–Crippen MR) is 92.7 cm³/mol. The molecule has 0 radical (unpaired) electrons. The largest absolute Gasteiger partial charge is 0.456 e. The van der Waals surface area contributed by atoms with Crippen LogP contribution in [-0.2, 0) is 13.0 Å². The molecule has 3 rings (SSSR count). The van der Waals surface area contributed by atoms with Gasteiger partial charge in [-0.15, -0.1) is 11.3 Å². The molecule has 5 nitrogen and oxygen atoms in total. The van der Waals surface area contributed by atoms with Crippen LogP contribution in [0.25, 0.3) is 11.1 Å². The zero-order chi connectivity index (χ0) is 16.4. The molecular formula is C16H15ClN4OS. The highest BCUT2D eigenvalue weighted by atomic mass is 35.5. The van der Waals surface area contributed by atoms with E-state index in [-0.39, 0.29) is 6.04 Å². The van der Waals surface area contributed by atoms with E-state index in [0.717, 1.165) is 5.69 Å². The van der Waals surface area contributed by atoms with Crippen molar-refractivity contribution in [1.29, 1.82) is 5.26 Å². The second-order valence-electron chi connectivity index (χ2n) is 5.30. The number of fused-ring (bicyclic) bond motifs is 1. The summed E-state index contributed by atoms with van der Waals surface area (Å²) in [6, 6.07) is 7.79. The summed E-state index contributed by atoms with van der Waals surface area (Å²) in [6.07, 6.45) is 0.473. The molecule has 3 heterocycles. The highest BCUT2D eigenvalue weighted by Gasteiger charge is 2.20. The first-order chi connectivity index (χ1) is 11.1. The van der Waals surface area contributed by atoms with E-state index in [0.29, 0.717) is 40.5 Å². The van der Waals surface area contributed by atoms with Gasteiger partial charge in [-0.05, 0) is 18.4 Å². The van der Waals surface area contributed by atoms with Crippen molar-refractivity contribution < 1.29 is 4.42 Å². The summed E-state index contributed by atoms with van der Waals surface area (Å²) in [5.41, 5.74) is 7.97. The Labute approximate surface area is 142 Å². The van der Waals surface area contributed by atoms with Crippen molar-refractivity contribution >= 4 is 39.7 Å². The molecule has 3 N–H and O–H groups in total. The Hall–Kier alpha value is -2.07.